The summed E-state index contributed by atoms with van der Waals surface area (Å²) in [6.07, 6.45) is 3.06. The molecule has 2 heterocycles. The van der Waals surface area contributed by atoms with Gasteiger partial charge in [0.15, 0.2) is 12.2 Å². The fraction of sp³-hybridized carbons (Fsp3) is 0.375. The van der Waals surface area contributed by atoms with Crippen molar-refractivity contribution in [3.63, 3.8) is 0 Å². The average molecular weight is 194 g/mol. The van der Waals surface area contributed by atoms with Gasteiger partial charge in [-0.1, -0.05) is 5.16 Å². The minimum atomic E-state index is 0.554. The molecule has 0 atom stereocenters. The number of nitrogens with one attached hydrogen (secondary N) is 1. The van der Waals surface area contributed by atoms with Crippen molar-refractivity contribution in [1.29, 1.82) is 0 Å². The highest BCUT2D eigenvalue weighted by Crippen LogP contribution is 1.97. The lowest BCUT2D eigenvalue weighted by Crippen LogP contribution is -2.13. The SMILES string of the molecule is Cc1nc(CNCc2cnco2)no1. The number of aromatic nitrogens is 3. The van der Waals surface area contributed by atoms with Gasteiger partial charge in [0.2, 0.25) is 5.89 Å². The van der Waals surface area contributed by atoms with E-state index in [0.29, 0.717) is 24.8 Å². The zero-order valence-electron chi connectivity index (χ0n) is 7.73. The number of oxazole rings is 1. The lowest BCUT2D eigenvalue weighted by atomic mass is 10.5. The van der Waals surface area contributed by atoms with Crippen molar-refractivity contribution in [3.8, 4) is 0 Å². The summed E-state index contributed by atoms with van der Waals surface area (Å²) in [6, 6.07) is 0. The van der Waals surface area contributed by atoms with Crippen LogP contribution in [0.4, 0.5) is 0 Å². The highest BCUT2D eigenvalue weighted by Gasteiger charge is 2.01. The molecule has 2 aromatic heterocycles. The zero-order chi connectivity index (χ0) is 9.80. The Morgan fingerprint density at radius 1 is 1.43 bits per heavy atom. The topological polar surface area (TPSA) is 77.0 Å². The second-order valence-electron chi connectivity index (χ2n) is 2.80. The number of nitrogens with zero attached hydrogens (tertiary/aromatic N) is 3. The molecular formula is C8H10N4O2. The van der Waals surface area contributed by atoms with E-state index in [0.717, 1.165) is 5.76 Å². The predicted octanol–water partition coefficient (Wildman–Crippen LogP) is 0.656. The molecule has 0 aliphatic heterocycles. The molecule has 6 nitrogen and oxygen atoms in total. The first kappa shape index (κ1) is 8.89. The van der Waals surface area contributed by atoms with Crippen LogP contribution in [0.2, 0.25) is 0 Å². The van der Waals surface area contributed by atoms with E-state index in [1.54, 1.807) is 13.1 Å². The Morgan fingerprint density at radius 2 is 2.36 bits per heavy atom. The standard InChI is InChI=1S/C8H10N4O2/c1-6-11-8(12-14-6)4-9-2-7-3-10-5-13-7/h3,5,9H,2,4H2,1H3. The molecule has 0 aromatic carbocycles. The van der Waals surface area contributed by atoms with Crippen LogP contribution in [0.25, 0.3) is 0 Å². The molecule has 0 aliphatic rings. The van der Waals surface area contributed by atoms with E-state index in [9.17, 15) is 0 Å². The monoisotopic (exact) mass is 194 g/mol. The number of hydrogen-bond donors (Lipinski definition) is 1. The largest absolute Gasteiger partial charge is 0.447 e. The summed E-state index contributed by atoms with van der Waals surface area (Å²) in [4.78, 5) is 7.84. The van der Waals surface area contributed by atoms with Crippen molar-refractivity contribution >= 4 is 0 Å². The molecule has 74 valence electrons. The normalized spacial score (nSPS) is 10.6. The lowest BCUT2D eigenvalue weighted by Gasteiger charge is -1.96. The minimum absolute atomic E-state index is 0.554. The molecular weight excluding hydrogens is 184 g/mol. The van der Waals surface area contributed by atoms with Crippen LogP contribution in [0, 0.1) is 6.92 Å². The summed E-state index contributed by atoms with van der Waals surface area (Å²) in [6.45, 7) is 2.92. The van der Waals surface area contributed by atoms with Gasteiger partial charge in [0.1, 0.15) is 5.76 Å². The Labute approximate surface area is 80.3 Å². The Kier molecular flexibility index (Phi) is 2.55. The molecule has 0 radical (unpaired) electrons. The quantitative estimate of drug-likeness (QED) is 0.770. The average Bonchev–Trinajstić information content (AvgIpc) is 2.77. The van der Waals surface area contributed by atoms with E-state index < -0.39 is 0 Å². The maximum atomic E-state index is 5.04. The van der Waals surface area contributed by atoms with Crippen LogP contribution in [0.15, 0.2) is 21.5 Å². The molecule has 0 fully saturated rings. The summed E-state index contributed by atoms with van der Waals surface area (Å²) in [5, 5.41) is 6.84. The van der Waals surface area contributed by atoms with E-state index in [1.165, 1.54) is 6.39 Å². The number of aryl methyl sites for hydroxylation is 1. The van der Waals surface area contributed by atoms with Gasteiger partial charge in [-0.15, -0.1) is 0 Å². The molecule has 2 rings (SSSR count). The highest BCUT2D eigenvalue weighted by atomic mass is 16.5. The molecule has 1 N–H and O–H groups in total. The first-order valence-corrected chi connectivity index (χ1v) is 4.22. The molecule has 0 saturated carbocycles. The fourth-order valence-corrected chi connectivity index (χ4v) is 1.04. The maximum absolute atomic E-state index is 5.04. The third-order valence-corrected chi connectivity index (χ3v) is 1.64. The van der Waals surface area contributed by atoms with Gasteiger partial charge in [-0.3, -0.25) is 0 Å². The molecule has 6 heteroatoms. The van der Waals surface area contributed by atoms with Crippen LogP contribution in [-0.4, -0.2) is 15.1 Å². The molecule has 0 saturated heterocycles. The van der Waals surface area contributed by atoms with Gasteiger partial charge in [-0.05, 0) is 0 Å². The van der Waals surface area contributed by atoms with E-state index in [2.05, 4.69) is 20.4 Å². The first-order chi connectivity index (χ1) is 6.84. The van der Waals surface area contributed by atoms with Gasteiger partial charge in [0.05, 0.1) is 19.3 Å². The summed E-state index contributed by atoms with van der Waals surface area (Å²) in [7, 11) is 0. The fourth-order valence-electron chi connectivity index (χ4n) is 1.04. The van der Waals surface area contributed by atoms with E-state index >= 15 is 0 Å². The van der Waals surface area contributed by atoms with Gasteiger partial charge < -0.3 is 14.3 Å². The van der Waals surface area contributed by atoms with E-state index in [-0.39, 0.29) is 0 Å². The summed E-state index contributed by atoms with van der Waals surface area (Å²) >= 11 is 0. The molecule has 0 bridgehead atoms. The third kappa shape index (κ3) is 2.17. The van der Waals surface area contributed by atoms with Gasteiger partial charge >= 0.3 is 0 Å². The minimum Gasteiger partial charge on any atom is -0.447 e. The predicted molar refractivity (Wildman–Crippen MR) is 46.1 cm³/mol. The smallest absolute Gasteiger partial charge is 0.223 e. The van der Waals surface area contributed by atoms with Crippen LogP contribution in [0.3, 0.4) is 0 Å². The first-order valence-electron chi connectivity index (χ1n) is 4.22. The van der Waals surface area contributed by atoms with Crippen molar-refractivity contribution in [2.24, 2.45) is 0 Å². The van der Waals surface area contributed by atoms with Gasteiger partial charge in [0.25, 0.3) is 0 Å². The molecule has 0 aliphatic carbocycles. The Hall–Kier alpha value is -1.69. The second-order valence-corrected chi connectivity index (χ2v) is 2.80. The second kappa shape index (κ2) is 4.01. The van der Waals surface area contributed by atoms with Gasteiger partial charge in [-0.2, -0.15) is 4.98 Å². The summed E-state index contributed by atoms with van der Waals surface area (Å²) < 4.78 is 9.85. The van der Waals surface area contributed by atoms with Gasteiger partial charge in [0, 0.05) is 6.92 Å². The van der Waals surface area contributed by atoms with Crippen molar-refractivity contribution in [3.05, 3.63) is 30.1 Å². The Balaban J connectivity index is 1.78. The van der Waals surface area contributed by atoms with Crippen LogP contribution in [0.5, 0.6) is 0 Å². The summed E-state index contributed by atoms with van der Waals surface area (Å²) in [5.74, 6) is 1.99. The maximum Gasteiger partial charge on any atom is 0.223 e. The molecule has 0 amide bonds. The van der Waals surface area contributed by atoms with Crippen LogP contribution < -0.4 is 5.32 Å². The van der Waals surface area contributed by atoms with Crippen LogP contribution in [0.1, 0.15) is 17.5 Å². The Morgan fingerprint density at radius 3 is 3.00 bits per heavy atom. The van der Waals surface area contributed by atoms with Crippen molar-refractivity contribution in [1.82, 2.24) is 20.4 Å². The van der Waals surface area contributed by atoms with Crippen molar-refractivity contribution < 1.29 is 8.94 Å². The molecule has 0 unspecified atom stereocenters. The number of rotatable bonds is 4. The number of hydrogen-bond acceptors (Lipinski definition) is 6. The van der Waals surface area contributed by atoms with Crippen molar-refractivity contribution in [2.45, 2.75) is 20.0 Å². The van der Waals surface area contributed by atoms with Gasteiger partial charge in [-0.25, -0.2) is 4.98 Å². The van der Waals surface area contributed by atoms with E-state index in [4.69, 9.17) is 8.94 Å². The molecule has 2 aromatic rings. The Bertz CT molecular complexity index is 382. The van der Waals surface area contributed by atoms with Crippen LogP contribution in [-0.2, 0) is 13.1 Å². The summed E-state index contributed by atoms with van der Waals surface area (Å²) in [5.41, 5.74) is 0. The molecule has 0 spiro atoms. The third-order valence-electron chi connectivity index (χ3n) is 1.64. The van der Waals surface area contributed by atoms with Crippen LogP contribution >= 0.6 is 0 Å². The highest BCUT2D eigenvalue weighted by molar-refractivity contribution is 4.89. The zero-order valence-corrected chi connectivity index (χ0v) is 7.73. The molecule has 14 heavy (non-hydrogen) atoms. The van der Waals surface area contributed by atoms with Crippen molar-refractivity contribution in [2.75, 3.05) is 0 Å². The van der Waals surface area contributed by atoms with E-state index in [1.807, 2.05) is 0 Å². The lowest BCUT2D eigenvalue weighted by molar-refractivity contribution is 0.384.